The molecular weight excluding hydrogens is 456 g/mol. The van der Waals surface area contributed by atoms with Crippen molar-refractivity contribution in [3.63, 3.8) is 0 Å². The molecule has 1 amide bonds. The summed E-state index contributed by atoms with van der Waals surface area (Å²) in [4.78, 5) is 19.8. The predicted octanol–water partition coefficient (Wildman–Crippen LogP) is 2.38. The van der Waals surface area contributed by atoms with Crippen LogP contribution in [0.25, 0.3) is 10.9 Å². The molecule has 2 aromatic heterocycles. The van der Waals surface area contributed by atoms with Crippen molar-refractivity contribution in [2.24, 2.45) is 5.92 Å². The Bertz CT molecular complexity index is 1260. The van der Waals surface area contributed by atoms with Gasteiger partial charge in [0.1, 0.15) is 11.6 Å². The van der Waals surface area contributed by atoms with Gasteiger partial charge in [0.2, 0.25) is 15.9 Å². The lowest BCUT2D eigenvalue weighted by Gasteiger charge is -2.33. The summed E-state index contributed by atoms with van der Waals surface area (Å²) in [6, 6.07) is 12.5. The number of sulfonamides is 1. The smallest absolute Gasteiger partial charge is 0.243 e. The fourth-order valence-corrected chi connectivity index (χ4v) is 5.94. The number of carbonyl (C=O) groups is 1. The lowest BCUT2D eigenvalue weighted by molar-refractivity contribution is -0.125. The van der Waals surface area contributed by atoms with E-state index in [-0.39, 0.29) is 16.7 Å². The van der Waals surface area contributed by atoms with E-state index in [9.17, 15) is 13.2 Å². The molecule has 0 radical (unpaired) electrons. The van der Waals surface area contributed by atoms with Gasteiger partial charge in [-0.1, -0.05) is 0 Å². The minimum Gasteiger partial charge on any atom is -0.467 e. The molecule has 0 unspecified atom stereocenters. The number of pyridine rings is 1. The normalized spacial score (nSPS) is 19.9. The number of fused-ring (bicyclic) bond motifs is 1. The van der Waals surface area contributed by atoms with Gasteiger partial charge < -0.3 is 19.4 Å². The number of carbonyl (C=O) groups excluding carboxylic acids is 1. The Morgan fingerprint density at radius 2 is 1.97 bits per heavy atom. The maximum atomic E-state index is 13.0. The highest BCUT2D eigenvalue weighted by molar-refractivity contribution is 7.89. The number of piperidine rings is 1. The van der Waals surface area contributed by atoms with E-state index in [1.165, 1.54) is 4.31 Å². The first-order chi connectivity index (χ1) is 16.5. The zero-order chi connectivity index (χ0) is 23.5. The fraction of sp³-hybridized carbons (Fsp3) is 0.417. The Balaban J connectivity index is 1.29. The minimum absolute atomic E-state index is 0.0138. The minimum atomic E-state index is -3.56. The van der Waals surface area contributed by atoms with Gasteiger partial charge in [0.05, 0.1) is 42.4 Å². The van der Waals surface area contributed by atoms with Crippen molar-refractivity contribution < 1.29 is 22.4 Å². The quantitative estimate of drug-likeness (QED) is 0.573. The molecule has 2 fully saturated rings. The van der Waals surface area contributed by atoms with Gasteiger partial charge in [-0.05, 0) is 55.3 Å². The van der Waals surface area contributed by atoms with E-state index in [4.69, 9.17) is 14.1 Å². The van der Waals surface area contributed by atoms with Gasteiger partial charge in [-0.2, -0.15) is 4.31 Å². The summed E-state index contributed by atoms with van der Waals surface area (Å²) in [5.41, 5.74) is 0.725. The van der Waals surface area contributed by atoms with Crippen LogP contribution in [0.3, 0.4) is 0 Å². The van der Waals surface area contributed by atoms with Crippen LogP contribution in [0, 0.1) is 5.92 Å². The zero-order valence-corrected chi connectivity index (χ0v) is 19.7. The molecule has 0 spiro atoms. The molecule has 9 nitrogen and oxygen atoms in total. The second kappa shape index (κ2) is 9.73. The number of aromatic nitrogens is 1. The van der Waals surface area contributed by atoms with Gasteiger partial charge in [0.15, 0.2) is 0 Å². The lowest BCUT2D eigenvalue weighted by atomic mass is 9.97. The Labute approximate surface area is 198 Å². The van der Waals surface area contributed by atoms with E-state index < -0.39 is 10.0 Å². The molecule has 1 N–H and O–H groups in total. The van der Waals surface area contributed by atoms with Crippen molar-refractivity contribution in [3.8, 4) is 0 Å². The van der Waals surface area contributed by atoms with Gasteiger partial charge in [-0.3, -0.25) is 4.79 Å². The van der Waals surface area contributed by atoms with Crippen LogP contribution in [0.15, 0.2) is 58.0 Å². The highest BCUT2D eigenvalue weighted by Crippen LogP contribution is 2.26. The number of benzene rings is 1. The molecule has 0 saturated carbocycles. The number of hydrogen-bond donors (Lipinski definition) is 1. The highest BCUT2D eigenvalue weighted by atomic mass is 32.2. The average Bonchev–Trinajstić information content (AvgIpc) is 3.41. The molecule has 0 aliphatic carbocycles. The van der Waals surface area contributed by atoms with E-state index in [1.807, 2.05) is 18.2 Å². The molecule has 1 aromatic carbocycles. The predicted molar refractivity (Wildman–Crippen MR) is 127 cm³/mol. The monoisotopic (exact) mass is 484 g/mol. The maximum Gasteiger partial charge on any atom is 0.243 e. The van der Waals surface area contributed by atoms with Gasteiger partial charge in [-0.25, -0.2) is 13.4 Å². The molecule has 2 aliphatic rings. The third kappa shape index (κ3) is 4.79. The Morgan fingerprint density at radius 3 is 2.76 bits per heavy atom. The first-order valence-electron chi connectivity index (χ1n) is 11.5. The van der Waals surface area contributed by atoms with Crippen molar-refractivity contribution in [2.75, 3.05) is 44.3 Å². The molecule has 2 aliphatic heterocycles. The number of anilines is 1. The number of nitrogens with zero attached hydrogens (tertiary/aromatic N) is 3. The largest absolute Gasteiger partial charge is 0.467 e. The number of furan rings is 1. The van der Waals surface area contributed by atoms with Crippen molar-refractivity contribution in [1.82, 2.24) is 14.6 Å². The summed E-state index contributed by atoms with van der Waals surface area (Å²) in [7, 11) is -3.56. The molecular formula is C24H28N4O5S. The van der Waals surface area contributed by atoms with Crippen LogP contribution in [-0.2, 0) is 26.1 Å². The zero-order valence-electron chi connectivity index (χ0n) is 18.9. The summed E-state index contributed by atoms with van der Waals surface area (Å²) >= 11 is 0. The molecule has 10 heteroatoms. The number of hydrogen-bond acceptors (Lipinski definition) is 7. The fourth-order valence-electron chi connectivity index (χ4n) is 4.50. The van der Waals surface area contributed by atoms with Crippen LogP contribution < -0.4 is 10.2 Å². The Kier molecular flexibility index (Phi) is 6.53. The number of amides is 1. The number of nitrogens with one attached hydrogen (secondary N) is 1. The van der Waals surface area contributed by atoms with Crippen molar-refractivity contribution in [3.05, 3.63) is 54.5 Å². The van der Waals surface area contributed by atoms with E-state index in [0.29, 0.717) is 39.4 Å². The molecule has 1 atom stereocenters. The first-order valence-corrected chi connectivity index (χ1v) is 13.0. The molecule has 4 heterocycles. The Hall–Kier alpha value is -2.95. The molecule has 5 rings (SSSR count). The SMILES string of the molecule is O=C(NCc1ccco1)[C@@H]1CCCN(c2ccc3cc(S(=O)(=O)N4CCOCC4)ccc3n2)C1. The summed E-state index contributed by atoms with van der Waals surface area (Å²) < 4.78 is 38.0. The molecule has 180 valence electrons. The third-order valence-electron chi connectivity index (χ3n) is 6.39. The van der Waals surface area contributed by atoms with Crippen molar-refractivity contribution in [1.29, 1.82) is 0 Å². The van der Waals surface area contributed by atoms with Crippen LogP contribution in [0.4, 0.5) is 5.82 Å². The summed E-state index contributed by atoms with van der Waals surface area (Å²) in [5, 5.41) is 3.72. The summed E-state index contributed by atoms with van der Waals surface area (Å²) in [6.45, 7) is 3.35. The van der Waals surface area contributed by atoms with Gasteiger partial charge >= 0.3 is 0 Å². The number of ether oxygens (including phenoxy) is 1. The van der Waals surface area contributed by atoms with Gasteiger partial charge in [0.25, 0.3) is 0 Å². The van der Waals surface area contributed by atoms with Crippen LogP contribution in [0.2, 0.25) is 0 Å². The van der Waals surface area contributed by atoms with Crippen molar-refractivity contribution >= 4 is 32.7 Å². The molecule has 3 aromatic rings. The van der Waals surface area contributed by atoms with Crippen LogP contribution in [0.5, 0.6) is 0 Å². The van der Waals surface area contributed by atoms with Gasteiger partial charge in [-0.15, -0.1) is 0 Å². The summed E-state index contributed by atoms with van der Waals surface area (Å²) in [6.07, 6.45) is 3.32. The standard InChI is InChI=1S/C24H28N4O5S/c29-24(25-16-20-4-2-12-33-20)19-3-1-9-27(17-19)23-8-5-18-15-21(6-7-22(18)26-23)34(30,31)28-10-13-32-14-11-28/h2,4-8,12,15,19H,1,3,9-11,13-14,16-17H2,(H,25,29)/t19-/m1/s1. The summed E-state index contributed by atoms with van der Waals surface area (Å²) in [5.74, 6) is 1.41. The number of morpholine rings is 1. The van der Waals surface area contributed by atoms with Crippen LogP contribution >= 0.6 is 0 Å². The average molecular weight is 485 g/mol. The van der Waals surface area contributed by atoms with Crippen LogP contribution in [0.1, 0.15) is 18.6 Å². The van der Waals surface area contributed by atoms with E-state index in [2.05, 4.69) is 10.2 Å². The second-order valence-corrected chi connectivity index (χ2v) is 10.6. The van der Waals surface area contributed by atoms with Crippen LogP contribution in [-0.4, -0.2) is 63.0 Å². The molecule has 2 saturated heterocycles. The van der Waals surface area contributed by atoms with Crippen molar-refractivity contribution in [2.45, 2.75) is 24.3 Å². The van der Waals surface area contributed by atoms with E-state index >= 15 is 0 Å². The maximum absolute atomic E-state index is 13.0. The van der Waals surface area contributed by atoms with E-state index in [1.54, 1.807) is 30.5 Å². The first kappa shape index (κ1) is 22.8. The highest BCUT2D eigenvalue weighted by Gasteiger charge is 2.28. The topological polar surface area (TPSA) is 105 Å². The lowest BCUT2D eigenvalue weighted by Crippen LogP contribution is -2.43. The molecule has 34 heavy (non-hydrogen) atoms. The van der Waals surface area contributed by atoms with E-state index in [0.717, 1.165) is 41.9 Å². The van der Waals surface area contributed by atoms with Gasteiger partial charge in [0, 0.05) is 31.6 Å². The Morgan fingerprint density at radius 1 is 1.12 bits per heavy atom. The molecule has 0 bridgehead atoms. The second-order valence-electron chi connectivity index (χ2n) is 8.62. The number of rotatable bonds is 6. The third-order valence-corrected chi connectivity index (χ3v) is 8.28.